The van der Waals surface area contributed by atoms with Crippen molar-refractivity contribution < 1.29 is 9.47 Å². The van der Waals surface area contributed by atoms with E-state index in [-0.39, 0.29) is 5.60 Å². The quantitative estimate of drug-likeness (QED) is 0.827. The Kier molecular flexibility index (Phi) is 4.82. The highest BCUT2D eigenvalue weighted by molar-refractivity contribution is 5.43. The van der Waals surface area contributed by atoms with Gasteiger partial charge in [-0.1, -0.05) is 19.9 Å². The van der Waals surface area contributed by atoms with Gasteiger partial charge in [-0.15, -0.1) is 0 Å². The van der Waals surface area contributed by atoms with Gasteiger partial charge in [-0.05, 0) is 37.5 Å². The van der Waals surface area contributed by atoms with E-state index in [0.29, 0.717) is 6.54 Å². The summed E-state index contributed by atoms with van der Waals surface area (Å²) < 4.78 is 11.3. The molecule has 0 bridgehead atoms. The molecule has 1 rings (SSSR count). The molecule has 0 spiro atoms. The Labute approximate surface area is 104 Å². The molecule has 17 heavy (non-hydrogen) atoms. The number of hydrogen-bond acceptors (Lipinski definition) is 3. The van der Waals surface area contributed by atoms with E-state index in [1.54, 1.807) is 7.11 Å². The van der Waals surface area contributed by atoms with Crippen LogP contribution in [0.25, 0.3) is 0 Å². The largest absolute Gasteiger partial charge is 0.493 e. The summed E-state index contributed by atoms with van der Waals surface area (Å²) in [6.45, 7) is 6.69. The van der Waals surface area contributed by atoms with Crippen molar-refractivity contribution in [3.05, 3.63) is 23.8 Å². The van der Waals surface area contributed by atoms with Crippen LogP contribution in [0.5, 0.6) is 11.5 Å². The van der Waals surface area contributed by atoms with Gasteiger partial charge in [-0.25, -0.2) is 0 Å². The lowest BCUT2D eigenvalue weighted by Gasteiger charge is -2.29. The lowest BCUT2D eigenvalue weighted by atomic mass is 10.0. The van der Waals surface area contributed by atoms with Crippen molar-refractivity contribution in [2.45, 2.75) is 39.2 Å². The first-order valence-electron chi connectivity index (χ1n) is 6.14. The number of ether oxygens (including phenoxy) is 2. The smallest absolute Gasteiger partial charge is 0.162 e. The Morgan fingerprint density at radius 2 is 1.94 bits per heavy atom. The third-order valence-corrected chi connectivity index (χ3v) is 3.17. The Hall–Kier alpha value is -1.22. The molecule has 0 saturated heterocycles. The van der Waals surface area contributed by atoms with Gasteiger partial charge in [0.05, 0.1) is 7.11 Å². The van der Waals surface area contributed by atoms with Crippen molar-refractivity contribution in [1.29, 1.82) is 0 Å². The second-order valence-electron chi connectivity index (χ2n) is 4.45. The summed E-state index contributed by atoms with van der Waals surface area (Å²) in [6.07, 6.45) is 1.85. The molecule has 0 saturated carbocycles. The molecule has 0 amide bonds. The highest BCUT2D eigenvalue weighted by atomic mass is 16.5. The van der Waals surface area contributed by atoms with Crippen LogP contribution in [-0.4, -0.2) is 19.3 Å². The molecule has 0 aliphatic carbocycles. The minimum absolute atomic E-state index is 0.332. The van der Waals surface area contributed by atoms with Gasteiger partial charge < -0.3 is 15.2 Å². The van der Waals surface area contributed by atoms with Gasteiger partial charge in [0.1, 0.15) is 5.60 Å². The molecule has 1 unspecified atom stereocenters. The third-order valence-electron chi connectivity index (χ3n) is 3.17. The number of benzene rings is 1. The van der Waals surface area contributed by atoms with Crippen LogP contribution >= 0.6 is 0 Å². The molecule has 3 heteroatoms. The first-order valence-corrected chi connectivity index (χ1v) is 6.14. The Balaban J connectivity index is 2.98. The summed E-state index contributed by atoms with van der Waals surface area (Å²) in [5, 5.41) is 0. The molecule has 0 heterocycles. The number of nitrogens with two attached hydrogens (primary N) is 1. The standard InChI is InChI=1S/C14H23NO2/c1-5-11-7-8-12(13(9-11)16-4)17-14(3,6-2)10-15/h7-9H,5-6,10,15H2,1-4H3. The molecule has 3 nitrogen and oxygen atoms in total. The van der Waals surface area contributed by atoms with Crippen LogP contribution < -0.4 is 15.2 Å². The second kappa shape index (κ2) is 5.92. The molecule has 96 valence electrons. The predicted octanol–water partition coefficient (Wildman–Crippen LogP) is 2.76. The number of hydrogen-bond donors (Lipinski definition) is 1. The summed E-state index contributed by atoms with van der Waals surface area (Å²) in [7, 11) is 1.66. The molecule has 2 N–H and O–H groups in total. The highest BCUT2D eigenvalue weighted by Crippen LogP contribution is 2.31. The maximum absolute atomic E-state index is 5.97. The average molecular weight is 237 g/mol. The molecular weight excluding hydrogens is 214 g/mol. The van der Waals surface area contributed by atoms with Crippen molar-refractivity contribution >= 4 is 0 Å². The van der Waals surface area contributed by atoms with Crippen molar-refractivity contribution in [3.63, 3.8) is 0 Å². The Bertz CT molecular complexity index is 359. The van der Waals surface area contributed by atoms with E-state index in [1.165, 1.54) is 5.56 Å². The summed E-state index contributed by atoms with van der Waals surface area (Å²) in [5.74, 6) is 1.54. The monoisotopic (exact) mass is 237 g/mol. The minimum atomic E-state index is -0.332. The highest BCUT2D eigenvalue weighted by Gasteiger charge is 2.23. The lowest BCUT2D eigenvalue weighted by molar-refractivity contribution is 0.0895. The maximum Gasteiger partial charge on any atom is 0.162 e. The van der Waals surface area contributed by atoms with Gasteiger partial charge in [0, 0.05) is 6.54 Å². The van der Waals surface area contributed by atoms with Crippen LogP contribution in [-0.2, 0) is 6.42 Å². The topological polar surface area (TPSA) is 44.5 Å². The SMILES string of the molecule is CCc1ccc(OC(C)(CC)CN)c(OC)c1. The third kappa shape index (κ3) is 3.37. The molecule has 1 atom stereocenters. The Morgan fingerprint density at radius 1 is 1.24 bits per heavy atom. The molecular formula is C14H23NO2. The van der Waals surface area contributed by atoms with E-state index in [4.69, 9.17) is 15.2 Å². The fraction of sp³-hybridized carbons (Fsp3) is 0.571. The van der Waals surface area contributed by atoms with Gasteiger partial charge >= 0.3 is 0 Å². The first-order chi connectivity index (χ1) is 8.08. The predicted molar refractivity (Wildman–Crippen MR) is 70.8 cm³/mol. The van der Waals surface area contributed by atoms with Gasteiger partial charge in [0.2, 0.25) is 0 Å². The van der Waals surface area contributed by atoms with Gasteiger partial charge in [0.25, 0.3) is 0 Å². The summed E-state index contributed by atoms with van der Waals surface area (Å²) >= 11 is 0. The van der Waals surface area contributed by atoms with Gasteiger partial charge in [-0.3, -0.25) is 0 Å². The maximum atomic E-state index is 5.97. The molecule has 0 aliphatic rings. The van der Waals surface area contributed by atoms with E-state index >= 15 is 0 Å². The van der Waals surface area contributed by atoms with E-state index in [2.05, 4.69) is 19.9 Å². The van der Waals surface area contributed by atoms with Crippen LogP contribution in [0, 0.1) is 0 Å². The van der Waals surface area contributed by atoms with Gasteiger partial charge in [0.15, 0.2) is 11.5 Å². The van der Waals surface area contributed by atoms with Crippen LogP contribution in [0.3, 0.4) is 0 Å². The van der Waals surface area contributed by atoms with Crippen molar-refractivity contribution in [2.75, 3.05) is 13.7 Å². The Morgan fingerprint density at radius 3 is 2.41 bits per heavy atom. The normalized spacial score (nSPS) is 14.2. The zero-order valence-corrected chi connectivity index (χ0v) is 11.2. The minimum Gasteiger partial charge on any atom is -0.493 e. The van der Waals surface area contributed by atoms with Crippen LogP contribution in [0.4, 0.5) is 0 Å². The van der Waals surface area contributed by atoms with E-state index in [9.17, 15) is 0 Å². The van der Waals surface area contributed by atoms with E-state index in [0.717, 1.165) is 24.3 Å². The van der Waals surface area contributed by atoms with Gasteiger partial charge in [-0.2, -0.15) is 0 Å². The molecule has 1 aromatic rings. The van der Waals surface area contributed by atoms with Crippen LogP contribution in [0.2, 0.25) is 0 Å². The first kappa shape index (κ1) is 13.8. The van der Waals surface area contributed by atoms with E-state index < -0.39 is 0 Å². The molecule has 0 radical (unpaired) electrons. The van der Waals surface area contributed by atoms with Crippen molar-refractivity contribution in [1.82, 2.24) is 0 Å². The molecule has 0 aromatic heterocycles. The average Bonchev–Trinajstić information content (AvgIpc) is 2.39. The van der Waals surface area contributed by atoms with E-state index in [1.807, 2.05) is 19.1 Å². The lowest BCUT2D eigenvalue weighted by Crippen LogP contribution is -2.39. The summed E-state index contributed by atoms with van der Waals surface area (Å²) in [6, 6.07) is 6.04. The fourth-order valence-corrected chi connectivity index (χ4v) is 1.54. The zero-order valence-electron chi connectivity index (χ0n) is 11.2. The molecule has 0 fully saturated rings. The molecule has 1 aromatic carbocycles. The fourth-order valence-electron chi connectivity index (χ4n) is 1.54. The molecule has 0 aliphatic heterocycles. The van der Waals surface area contributed by atoms with Crippen molar-refractivity contribution in [3.8, 4) is 11.5 Å². The number of rotatable bonds is 6. The number of methoxy groups -OCH3 is 1. The summed E-state index contributed by atoms with van der Waals surface area (Å²) in [4.78, 5) is 0. The van der Waals surface area contributed by atoms with Crippen molar-refractivity contribution in [2.24, 2.45) is 5.73 Å². The second-order valence-corrected chi connectivity index (χ2v) is 4.45. The number of aryl methyl sites for hydroxylation is 1. The zero-order chi connectivity index (χ0) is 12.9. The van der Waals surface area contributed by atoms with Crippen LogP contribution in [0.15, 0.2) is 18.2 Å². The summed E-state index contributed by atoms with van der Waals surface area (Å²) in [5.41, 5.74) is 6.65. The van der Waals surface area contributed by atoms with Crippen LogP contribution in [0.1, 0.15) is 32.8 Å².